The van der Waals surface area contributed by atoms with Crippen molar-refractivity contribution in [2.24, 2.45) is 13.0 Å². The van der Waals surface area contributed by atoms with Crippen LogP contribution in [0, 0.1) is 5.92 Å². The van der Waals surface area contributed by atoms with Gasteiger partial charge in [0.2, 0.25) is 0 Å². The zero-order chi connectivity index (χ0) is 19.0. The third kappa shape index (κ3) is 4.13. The molecule has 7 heteroatoms. The van der Waals surface area contributed by atoms with Crippen LogP contribution in [-0.4, -0.2) is 50.5 Å². The Kier molecular flexibility index (Phi) is 4.63. The van der Waals surface area contributed by atoms with Gasteiger partial charge in [0.1, 0.15) is 5.69 Å². The van der Waals surface area contributed by atoms with Crippen molar-refractivity contribution in [1.29, 1.82) is 0 Å². The molecule has 0 radical (unpaired) electrons. The number of nitrogens with zero attached hydrogens (tertiary/aromatic N) is 4. The third-order valence-electron chi connectivity index (χ3n) is 5.50. The number of β-amino-alcohol motifs (C(OH)–C–C–N with tert-alkyl or cyclic N) is 1. The molecule has 2 aromatic rings. The van der Waals surface area contributed by atoms with E-state index in [0.29, 0.717) is 18.2 Å². The molecule has 0 aromatic carbocycles. The second-order valence-electron chi connectivity index (χ2n) is 8.19. The minimum absolute atomic E-state index is 0.143. The van der Waals surface area contributed by atoms with Gasteiger partial charge in [-0.1, -0.05) is 6.92 Å². The molecule has 27 heavy (non-hydrogen) atoms. The first-order valence-corrected chi connectivity index (χ1v) is 9.63. The maximum Gasteiger partial charge on any atom is 0.270 e. The summed E-state index contributed by atoms with van der Waals surface area (Å²) in [5, 5.41) is 17.6. The number of pyridine rings is 1. The molecule has 2 atom stereocenters. The van der Waals surface area contributed by atoms with Crippen molar-refractivity contribution in [2.75, 3.05) is 18.0 Å². The van der Waals surface area contributed by atoms with E-state index in [0.717, 1.165) is 43.6 Å². The van der Waals surface area contributed by atoms with Crippen molar-refractivity contribution in [3.63, 3.8) is 0 Å². The Hall–Kier alpha value is -2.41. The fourth-order valence-corrected chi connectivity index (χ4v) is 3.98. The molecular formula is C20H27N5O2. The zero-order valence-electron chi connectivity index (χ0n) is 15.9. The Bertz CT molecular complexity index is 819. The summed E-state index contributed by atoms with van der Waals surface area (Å²) in [6, 6.07) is 5.73. The standard InChI is InChI=1S/C20H27N5O2/c1-14-9-17(26)13-25(12-14)16-3-7-21-18(10-16)19(27)22-20(5-6-20)11-15-4-8-24(2)23-15/h3-4,7-8,10,14,17,26H,5-6,9,11-13H2,1-2H3,(H,22,27)/t14-,17+/m1/s1. The van der Waals surface area contributed by atoms with Crippen LogP contribution in [0.25, 0.3) is 0 Å². The second kappa shape index (κ2) is 6.96. The summed E-state index contributed by atoms with van der Waals surface area (Å²) in [5.41, 5.74) is 2.16. The number of aryl methyl sites for hydroxylation is 1. The Morgan fingerprint density at radius 3 is 2.85 bits per heavy atom. The summed E-state index contributed by atoms with van der Waals surface area (Å²) in [4.78, 5) is 19.2. The lowest BCUT2D eigenvalue weighted by Crippen LogP contribution is -2.42. The fraction of sp³-hybridized carbons (Fsp3) is 0.550. The highest BCUT2D eigenvalue weighted by molar-refractivity contribution is 5.94. The maximum absolute atomic E-state index is 12.8. The van der Waals surface area contributed by atoms with Crippen LogP contribution in [0.2, 0.25) is 0 Å². The first kappa shape index (κ1) is 18.0. The maximum atomic E-state index is 12.8. The molecule has 1 saturated carbocycles. The average molecular weight is 369 g/mol. The number of rotatable bonds is 5. The van der Waals surface area contributed by atoms with E-state index in [1.165, 1.54) is 0 Å². The minimum Gasteiger partial charge on any atom is -0.391 e. The predicted molar refractivity (Wildman–Crippen MR) is 103 cm³/mol. The number of hydrogen-bond acceptors (Lipinski definition) is 5. The van der Waals surface area contributed by atoms with Crippen LogP contribution in [0.15, 0.2) is 30.6 Å². The molecule has 2 fully saturated rings. The van der Waals surface area contributed by atoms with Crippen LogP contribution < -0.4 is 10.2 Å². The normalized spacial score (nSPS) is 23.9. The van der Waals surface area contributed by atoms with Crippen LogP contribution in [0.4, 0.5) is 5.69 Å². The molecule has 7 nitrogen and oxygen atoms in total. The molecule has 4 rings (SSSR count). The number of amides is 1. The highest BCUT2D eigenvalue weighted by Gasteiger charge is 2.44. The molecule has 0 spiro atoms. The molecule has 1 amide bonds. The van der Waals surface area contributed by atoms with Crippen molar-refractivity contribution in [1.82, 2.24) is 20.1 Å². The Morgan fingerprint density at radius 2 is 2.19 bits per heavy atom. The van der Waals surface area contributed by atoms with Gasteiger partial charge in [0.25, 0.3) is 5.91 Å². The monoisotopic (exact) mass is 369 g/mol. The molecule has 0 unspecified atom stereocenters. The number of aliphatic hydroxyl groups is 1. The highest BCUT2D eigenvalue weighted by atomic mass is 16.3. The van der Waals surface area contributed by atoms with Gasteiger partial charge >= 0.3 is 0 Å². The van der Waals surface area contributed by atoms with Crippen LogP contribution >= 0.6 is 0 Å². The van der Waals surface area contributed by atoms with Gasteiger partial charge in [0, 0.05) is 50.2 Å². The summed E-state index contributed by atoms with van der Waals surface area (Å²) in [6.45, 7) is 3.61. The second-order valence-corrected chi connectivity index (χ2v) is 8.19. The molecule has 2 N–H and O–H groups in total. The van der Waals surface area contributed by atoms with Gasteiger partial charge in [-0.25, -0.2) is 0 Å². The van der Waals surface area contributed by atoms with Crippen molar-refractivity contribution in [3.05, 3.63) is 42.0 Å². The number of carbonyl (C=O) groups excluding carboxylic acids is 1. The van der Waals surface area contributed by atoms with Crippen molar-refractivity contribution in [3.8, 4) is 0 Å². The van der Waals surface area contributed by atoms with E-state index in [9.17, 15) is 9.90 Å². The van der Waals surface area contributed by atoms with Gasteiger partial charge in [-0.3, -0.25) is 14.5 Å². The summed E-state index contributed by atoms with van der Waals surface area (Å²) in [5.74, 6) is 0.281. The molecule has 2 aromatic heterocycles. The largest absolute Gasteiger partial charge is 0.391 e. The number of aromatic nitrogens is 3. The summed E-state index contributed by atoms with van der Waals surface area (Å²) in [7, 11) is 1.90. The van der Waals surface area contributed by atoms with Crippen molar-refractivity contribution >= 4 is 11.6 Å². The van der Waals surface area contributed by atoms with Gasteiger partial charge in [-0.15, -0.1) is 0 Å². The summed E-state index contributed by atoms with van der Waals surface area (Å²) >= 11 is 0. The van der Waals surface area contributed by atoms with Gasteiger partial charge < -0.3 is 15.3 Å². The smallest absolute Gasteiger partial charge is 0.270 e. The molecule has 3 heterocycles. The number of aliphatic hydroxyl groups excluding tert-OH is 1. The highest BCUT2D eigenvalue weighted by Crippen LogP contribution is 2.38. The Labute approximate surface area is 159 Å². The van der Waals surface area contributed by atoms with E-state index in [1.54, 1.807) is 10.9 Å². The lowest BCUT2D eigenvalue weighted by atomic mass is 9.97. The third-order valence-corrected chi connectivity index (χ3v) is 5.50. The summed E-state index contributed by atoms with van der Waals surface area (Å²) in [6.07, 6.45) is 6.77. The average Bonchev–Trinajstić information content (AvgIpc) is 3.25. The molecular weight excluding hydrogens is 342 g/mol. The van der Waals surface area contributed by atoms with Gasteiger partial charge in [-0.2, -0.15) is 5.10 Å². The fourth-order valence-electron chi connectivity index (χ4n) is 3.98. The molecule has 1 aliphatic carbocycles. The van der Waals surface area contributed by atoms with Gasteiger partial charge in [0.15, 0.2) is 0 Å². The molecule has 2 aliphatic rings. The van der Waals surface area contributed by atoms with Crippen molar-refractivity contribution < 1.29 is 9.90 Å². The minimum atomic E-state index is -0.327. The predicted octanol–water partition coefficient (Wildman–Crippen LogP) is 1.53. The number of piperidine rings is 1. The first-order valence-electron chi connectivity index (χ1n) is 9.63. The SMILES string of the molecule is C[C@@H]1C[C@H](O)CN(c2ccnc(C(=O)NC3(Cc4ccn(C)n4)CC3)c2)C1. The summed E-state index contributed by atoms with van der Waals surface area (Å²) < 4.78 is 1.78. The van der Waals surface area contributed by atoms with E-state index in [-0.39, 0.29) is 17.6 Å². The number of nitrogens with one attached hydrogen (secondary N) is 1. The van der Waals surface area contributed by atoms with Gasteiger partial charge in [-0.05, 0) is 43.4 Å². The van der Waals surface area contributed by atoms with E-state index in [2.05, 4.69) is 27.2 Å². The van der Waals surface area contributed by atoms with Crippen LogP contribution in [0.1, 0.15) is 42.4 Å². The number of anilines is 1. The zero-order valence-corrected chi connectivity index (χ0v) is 15.9. The van der Waals surface area contributed by atoms with E-state index < -0.39 is 0 Å². The van der Waals surface area contributed by atoms with Crippen molar-refractivity contribution in [2.45, 2.75) is 44.2 Å². The lowest BCUT2D eigenvalue weighted by Gasteiger charge is -2.35. The first-order chi connectivity index (χ1) is 12.9. The number of hydrogen-bond donors (Lipinski definition) is 2. The number of carbonyl (C=O) groups is 1. The Morgan fingerprint density at radius 1 is 1.37 bits per heavy atom. The quantitative estimate of drug-likeness (QED) is 0.835. The Balaban J connectivity index is 1.45. The topological polar surface area (TPSA) is 83.3 Å². The van der Waals surface area contributed by atoms with E-state index in [4.69, 9.17) is 0 Å². The van der Waals surface area contributed by atoms with E-state index >= 15 is 0 Å². The molecule has 1 aliphatic heterocycles. The van der Waals surface area contributed by atoms with E-state index in [1.807, 2.05) is 31.4 Å². The van der Waals surface area contributed by atoms with Crippen LogP contribution in [0.5, 0.6) is 0 Å². The molecule has 1 saturated heterocycles. The van der Waals surface area contributed by atoms with Crippen LogP contribution in [-0.2, 0) is 13.5 Å². The lowest BCUT2D eigenvalue weighted by molar-refractivity contribution is 0.0926. The molecule has 0 bridgehead atoms. The molecule has 144 valence electrons. The van der Waals surface area contributed by atoms with Crippen LogP contribution in [0.3, 0.4) is 0 Å². The van der Waals surface area contributed by atoms with Gasteiger partial charge in [0.05, 0.1) is 11.8 Å².